The van der Waals surface area contributed by atoms with Crippen LogP contribution in [-0.4, -0.2) is 39.6 Å². The van der Waals surface area contributed by atoms with Crippen LogP contribution in [0.2, 0.25) is 5.02 Å². The van der Waals surface area contributed by atoms with Crippen molar-refractivity contribution in [2.24, 2.45) is 0 Å². The largest absolute Gasteiger partial charge is 0.497 e. The van der Waals surface area contributed by atoms with Crippen LogP contribution >= 0.6 is 11.6 Å². The predicted octanol–water partition coefficient (Wildman–Crippen LogP) is 2.14. The second-order valence-electron chi connectivity index (χ2n) is 6.40. The van der Waals surface area contributed by atoms with E-state index in [0.29, 0.717) is 18.7 Å². The third-order valence-corrected chi connectivity index (χ3v) is 6.54. The molecule has 1 aliphatic rings. The van der Waals surface area contributed by atoms with Crippen LogP contribution in [0.3, 0.4) is 0 Å². The van der Waals surface area contributed by atoms with Crippen LogP contribution in [0.1, 0.15) is 12.0 Å². The van der Waals surface area contributed by atoms with Crippen molar-refractivity contribution >= 4 is 44.8 Å². The normalized spacial score (nSPS) is 15.0. The molecule has 1 heterocycles. The average Bonchev–Trinajstić information content (AvgIpc) is 3.06. The number of ether oxygens (including phenoxy) is 1. The molecule has 1 fully saturated rings. The van der Waals surface area contributed by atoms with Crippen molar-refractivity contribution in [3.8, 4) is 5.75 Å². The van der Waals surface area contributed by atoms with Gasteiger partial charge in [0.05, 0.1) is 23.6 Å². The highest BCUT2D eigenvalue weighted by Gasteiger charge is 2.30. The molecule has 0 atom stereocenters. The maximum atomic E-state index is 12.2. The number of sulfonamides is 1. The van der Waals surface area contributed by atoms with Gasteiger partial charge in [0, 0.05) is 18.8 Å². The zero-order valence-electron chi connectivity index (χ0n) is 15.6. The first-order chi connectivity index (χ1) is 13.8. The van der Waals surface area contributed by atoms with E-state index in [1.807, 2.05) is 0 Å². The molecule has 2 aromatic carbocycles. The first-order valence-electron chi connectivity index (χ1n) is 8.82. The van der Waals surface area contributed by atoms with Gasteiger partial charge in [0.15, 0.2) is 0 Å². The molecule has 29 heavy (non-hydrogen) atoms. The summed E-state index contributed by atoms with van der Waals surface area (Å²) in [5, 5.41) is 5.23. The Balaban J connectivity index is 1.65. The summed E-state index contributed by atoms with van der Waals surface area (Å²) in [5.74, 6) is -0.998. The van der Waals surface area contributed by atoms with Crippen LogP contribution in [-0.2, 0) is 26.2 Å². The van der Waals surface area contributed by atoms with Gasteiger partial charge >= 0.3 is 11.8 Å². The lowest BCUT2D eigenvalue weighted by Crippen LogP contribution is -2.35. The molecule has 2 aromatic rings. The maximum absolute atomic E-state index is 12.2. The van der Waals surface area contributed by atoms with Gasteiger partial charge in [-0.2, -0.15) is 0 Å². The summed E-state index contributed by atoms with van der Waals surface area (Å²) >= 11 is 6.14. The number of nitrogens with zero attached hydrogens (tertiary/aromatic N) is 1. The van der Waals surface area contributed by atoms with Crippen molar-refractivity contribution < 1.29 is 22.7 Å². The van der Waals surface area contributed by atoms with Crippen LogP contribution in [0, 0.1) is 0 Å². The van der Waals surface area contributed by atoms with E-state index in [-0.39, 0.29) is 28.7 Å². The molecular weight excluding hydrogens is 418 g/mol. The van der Waals surface area contributed by atoms with Crippen molar-refractivity contribution in [1.82, 2.24) is 5.32 Å². The number of rotatable bonds is 5. The Bertz CT molecular complexity index is 1040. The summed E-state index contributed by atoms with van der Waals surface area (Å²) in [4.78, 5) is 24.3. The zero-order valence-corrected chi connectivity index (χ0v) is 17.2. The van der Waals surface area contributed by atoms with Crippen LogP contribution in [0.15, 0.2) is 42.5 Å². The zero-order chi connectivity index (χ0) is 21.0. The molecule has 0 unspecified atom stereocenters. The van der Waals surface area contributed by atoms with Gasteiger partial charge in [-0.25, -0.2) is 8.42 Å². The summed E-state index contributed by atoms with van der Waals surface area (Å²) in [6, 6.07) is 11.5. The van der Waals surface area contributed by atoms with Crippen LogP contribution in [0.4, 0.5) is 11.4 Å². The van der Waals surface area contributed by atoms with Crippen molar-refractivity contribution in [2.75, 3.05) is 29.0 Å². The molecule has 154 valence electrons. The van der Waals surface area contributed by atoms with E-state index in [9.17, 15) is 18.0 Å². The summed E-state index contributed by atoms with van der Waals surface area (Å²) < 4.78 is 30.6. The lowest BCUT2D eigenvalue weighted by Gasteiger charge is -2.19. The Hall–Kier alpha value is -2.78. The summed E-state index contributed by atoms with van der Waals surface area (Å²) in [6.45, 7) is 0.474. The minimum atomic E-state index is -3.42. The molecule has 0 bridgehead atoms. The SMILES string of the molecule is COc1cccc(CNC(=O)C(=O)Nc2ccc(Cl)c(N3CCCS3(=O)=O)c2)c1. The third-order valence-electron chi connectivity index (χ3n) is 4.37. The highest BCUT2D eigenvalue weighted by Crippen LogP contribution is 2.33. The van der Waals surface area contributed by atoms with Gasteiger partial charge in [-0.05, 0) is 42.3 Å². The molecule has 0 aromatic heterocycles. The Morgan fingerprint density at radius 1 is 1.17 bits per heavy atom. The molecule has 0 radical (unpaired) electrons. The molecule has 2 N–H and O–H groups in total. The second kappa shape index (κ2) is 8.71. The van der Waals surface area contributed by atoms with Crippen molar-refractivity contribution in [1.29, 1.82) is 0 Å². The van der Waals surface area contributed by atoms with E-state index in [1.54, 1.807) is 31.4 Å². The van der Waals surface area contributed by atoms with Gasteiger partial charge in [-0.3, -0.25) is 13.9 Å². The third kappa shape index (κ3) is 4.99. The fraction of sp³-hybridized carbons (Fsp3) is 0.263. The fourth-order valence-electron chi connectivity index (χ4n) is 2.92. The number of anilines is 2. The van der Waals surface area contributed by atoms with Gasteiger partial charge < -0.3 is 15.4 Å². The number of nitrogens with one attached hydrogen (secondary N) is 2. The smallest absolute Gasteiger partial charge is 0.313 e. The Morgan fingerprint density at radius 3 is 2.66 bits per heavy atom. The van der Waals surface area contributed by atoms with Crippen LogP contribution < -0.4 is 19.7 Å². The Morgan fingerprint density at radius 2 is 1.97 bits per heavy atom. The predicted molar refractivity (Wildman–Crippen MR) is 111 cm³/mol. The number of methoxy groups -OCH3 is 1. The molecule has 1 aliphatic heterocycles. The number of amides is 2. The van der Waals surface area contributed by atoms with E-state index in [0.717, 1.165) is 5.56 Å². The molecule has 3 rings (SSSR count). The van der Waals surface area contributed by atoms with Gasteiger partial charge in [-0.15, -0.1) is 0 Å². The molecule has 0 spiro atoms. The van der Waals surface area contributed by atoms with Crippen LogP contribution in [0.25, 0.3) is 0 Å². The van der Waals surface area contributed by atoms with Gasteiger partial charge in [-0.1, -0.05) is 23.7 Å². The van der Waals surface area contributed by atoms with E-state index < -0.39 is 21.8 Å². The summed E-state index contributed by atoms with van der Waals surface area (Å²) in [7, 11) is -1.88. The minimum absolute atomic E-state index is 0.0482. The lowest BCUT2D eigenvalue weighted by atomic mass is 10.2. The van der Waals surface area contributed by atoms with Gasteiger partial charge in [0.1, 0.15) is 5.75 Å². The topological polar surface area (TPSA) is 105 Å². The summed E-state index contributed by atoms with van der Waals surface area (Å²) in [6.07, 6.45) is 0.502. The van der Waals surface area contributed by atoms with E-state index in [4.69, 9.17) is 16.3 Å². The molecule has 0 saturated carbocycles. The van der Waals surface area contributed by atoms with Crippen LogP contribution in [0.5, 0.6) is 5.75 Å². The van der Waals surface area contributed by atoms with E-state index in [1.165, 1.54) is 22.5 Å². The number of halogens is 1. The molecule has 10 heteroatoms. The fourth-order valence-corrected chi connectivity index (χ4v) is 4.77. The van der Waals surface area contributed by atoms with E-state index >= 15 is 0 Å². The average molecular weight is 438 g/mol. The highest BCUT2D eigenvalue weighted by atomic mass is 35.5. The molecule has 0 aliphatic carbocycles. The number of hydrogen-bond donors (Lipinski definition) is 2. The van der Waals surface area contributed by atoms with Crippen molar-refractivity contribution in [3.05, 3.63) is 53.1 Å². The lowest BCUT2D eigenvalue weighted by molar-refractivity contribution is -0.136. The van der Waals surface area contributed by atoms with Gasteiger partial charge in [0.25, 0.3) is 0 Å². The highest BCUT2D eigenvalue weighted by molar-refractivity contribution is 7.93. The number of carbonyl (C=O) groups excluding carboxylic acids is 2. The van der Waals surface area contributed by atoms with Crippen molar-refractivity contribution in [3.63, 3.8) is 0 Å². The number of carbonyl (C=O) groups is 2. The Kier molecular flexibility index (Phi) is 6.29. The quantitative estimate of drug-likeness (QED) is 0.697. The number of hydrogen-bond acceptors (Lipinski definition) is 5. The second-order valence-corrected chi connectivity index (χ2v) is 8.82. The standard InChI is InChI=1S/C19H20ClN3O5S/c1-28-15-5-2-4-13(10-15)12-21-18(24)19(25)22-14-6-7-16(20)17(11-14)23-8-3-9-29(23,26)27/h2,4-7,10-11H,3,8-9,12H2,1H3,(H,21,24)(H,22,25). The van der Waals surface area contributed by atoms with Gasteiger partial charge in [0.2, 0.25) is 10.0 Å². The first kappa shape index (κ1) is 20.9. The molecular formula is C19H20ClN3O5S. The Labute approximate surface area is 173 Å². The molecule has 1 saturated heterocycles. The van der Waals surface area contributed by atoms with E-state index in [2.05, 4.69) is 10.6 Å². The monoisotopic (exact) mass is 437 g/mol. The van der Waals surface area contributed by atoms with Crippen molar-refractivity contribution in [2.45, 2.75) is 13.0 Å². The molecule has 8 nitrogen and oxygen atoms in total. The summed E-state index contributed by atoms with van der Waals surface area (Å²) in [5.41, 5.74) is 1.32. The number of benzene rings is 2. The minimum Gasteiger partial charge on any atom is -0.497 e. The first-order valence-corrected chi connectivity index (χ1v) is 10.8. The maximum Gasteiger partial charge on any atom is 0.313 e. The molecule has 2 amide bonds.